The predicted octanol–water partition coefficient (Wildman–Crippen LogP) is 7.80. The lowest BCUT2D eigenvalue weighted by molar-refractivity contribution is -0.141. The standard InChI is InChI=1S/C62H115N9O11/c1-9-23-49(24-10-2)59(79)65-39-19-45-69(46-20-40-66-60(80)50(25-11-3)26-12-4)55(74)33-31-53(72)63-37-17-43-71(57(76)35-36-58(77)78)44-18-38-64-54(73)32-34-56(75)70(47-21-41-67-61(81)51(27-13-5)28-14-6)48-22-42-68-62(82)52(29-15-7)30-16-8/h49-52H,9-48H2,1-8H3,(H,63,72)(H,64,73)(H,65,79)(H,66,80)(H,67,81)(H,68,82)(H,77,78). The minimum absolute atomic E-state index is 0.0285. The van der Waals surface area contributed by atoms with Crippen molar-refractivity contribution in [2.45, 2.75) is 235 Å². The average Bonchev–Trinajstić information content (AvgIpc) is 3.45. The fraction of sp³-hybridized carbons (Fsp3) is 0.839. The van der Waals surface area contributed by atoms with E-state index in [-0.39, 0.29) is 142 Å². The number of hydrogen-bond donors (Lipinski definition) is 7. The van der Waals surface area contributed by atoms with Gasteiger partial charge in [-0.1, -0.05) is 107 Å². The van der Waals surface area contributed by atoms with Gasteiger partial charge in [0.2, 0.25) is 53.2 Å². The second-order valence-electron chi connectivity index (χ2n) is 22.1. The van der Waals surface area contributed by atoms with Gasteiger partial charge in [0.15, 0.2) is 0 Å². The molecule has 0 atom stereocenters. The maximum absolute atomic E-state index is 13.6. The van der Waals surface area contributed by atoms with Gasteiger partial charge in [0, 0.05) is 134 Å². The molecular weight excluding hydrogens is 1050 g/mol. The minimum atomic E-state index is -1.11. The lowest BCUT2D eigenvalue weighted by atomic mass is 9.97. The molecule has 7 N–H and O–H groups in total. The number of aliphatic carboxylic acids is 1. The maximum atomic E-state index is 13.6. The summed E-state index contributed by atoms with van der Waals surface area (Å²) in [7, 11) is 0. The number of carbonyl (C=O) groups is 10. The first kappa shape index (κ1) is 76.7. The first-order valence-corrected chi connectivity index (χ1v) is 32.2. The van der Waals surface area contributed by atoms with Gasteiger partial charge in [-0.2, -0.15) is 0 Å². The minimum Gasteiger partial charge on any atom is -0.481 e. The molecule has 0 radical (unpaired) electrons. The smallest absolute Gasteiger partial charge is 0.303 e. The number of hydrogen-bond acceptors (Lipinski definition) is 10. The van der Waals surface area contributed by atoms with Gasteiger partial charge in [0.1, 0.15) is 0 Å². The molecule has 474 valence electrons. The second-order valence-corrected chi connectivity index (χ2v) is 22.1. The van der Waals surface area contributed by atoms with Crippen molar-refractivity contribution in [3.63, 3.8) is 0 Å². The summed E-state index contributed by atoms with van der Waals surface area (Å²) in [4.78, 5) is 134. The van der Waals surface area contributed by atoms with Crippen LogP contribution in [0.3, 0.4) is 0 Å². The highest BCUT2D eigenvalue weighted by Gasteiger charge is 2.23. The third-order valence-corrected chi connectivity index (χ3v) is 14.8. The third-order valence-electron chi connectivity index (χ3n) is 14.8. The van der Waals surface area contributed by atoms with Crippen LogP contribution in [0, 0.1) is 23.7 Å². The van der Waals surface area contributed by atoms with Crippen molar-refractivity contribution in [2.75, 3.05) is 78.5 Å². The molecule has 0 fully saturated rings. The van der Waals surface area contributed by atoms with Crippen molar-refractivity contribution < 1.29 is 53.1 Å². The molecule has 9 amide bonds. The highest BCUT2D eigenvalue weighted by Crippen LogP contribution is 2.17. The molecule has 82 heavy (non-hydrogen) atoms. The van der Waals surface area contributed by atoms with E-state index in [4.69, 9.17) is 0 Å². The summed E-state index contributed by atoms with van der Waals surface area (Å²) >= 11 is 0. The van der Waals surface area contributed by atoms with Gasteiger partial charge < -0.3 is 51.7 Å². The Bertz CT molecular complexity index is 1610. The van der Waals surface area contributed by atoms with Crippen molar-refractivity contribution in [1.82, 2.24) is 46.6 Å². The zero-order chi connectivity index (χ0) is 61.3. The number of nitrogens with zero attached hydrogens (tertiary/aromatic N) is 3. The van der Waals surface area contributed by atoms with Gasteiger partial charge in [0.25, 0.3) is 0 Å². The molecule has 20 nitrogen and oxygen atoms in total. The van der Waals surface area contributed by atoms with E-state index in [0.29, 0.717) is 90.9 Å². The molecule has 0 aliphatic heterocycles. The normalized spacial score (nSPS) is 11.2. The molecular formula is C62H115N9O11. The molecule has 20 heteroatoms. The van der Waals surface area contributed by atoms with Crippen molar-refractivity contribution in [3.8, 4) is 0 Å². The quantitative estimate of drug-likeness (QED) is 0.0289. The van der Waals surface area contributed by atoms with Gasteiger partial charge in [-0.25, -0.2) is 0 Å². The number of carbonyl (C=O) groups excluding carboxylic acids is 9. The van der Waals surface area contributed by atoms with Gasteiger partial charge in [-0.3, -0.25) is 47.9 Å². The van der Waals surface area contributed by atoms with Crippen LogP contribution in [0.1, 0.15) is 235 Å². The van der Waals surface area contributed by atoms with Crippen molar-refractivity contribution in [2.24, 2.45) is 23.7 Å². The molecule has 0 aromatic rings. The van der Waals surface area contributed by atoms with E-state index in [0.717, 1.165) is 103 Å². The number of rotatable bonds is 53. The van der Waals surface area contributed by atoms with E-state index in [1.807, 2.05) is 0 Å². The zero-order valence-corrected chi connectivity index (χ0v) is 52.5. The number of nitrogens with one attached hydrogen (secondary N) is 6. The Hall–Kier alpha value is -5.30. The molecule has 0 aromatic carbocycles. The lowest BCUT2D eigenvalue weighted by Crippen LogP contribution is -2.39. The molecule has 0 saturated heterocycles. The summed E-state index contributed by atoms with van der Waals surface area (Å²) in [5.41, 5.74) is 0. The topological polar surface area (TPSA) is 273 Å². The molecule has 0 rings (SSSR count). The van der Waals surface area contributed by atoms with Crippen LogP contribution in [0.2, 0.25) is 0 Å². The SMILES string of the molecule is CCCC(CCC)C(=O)NCCCN(CCCNC(=O)C(CCC)CCC)C(=O)CCC(=O)NCCCN(CCCNC(=O)CCC(=O)N(CCCNC(=O)C(CCC)CCC)CCCNC(=O)C(CCC)CCC)C(=O)CCC(=O)O. The van der Waals surface area contributed by atoms with Crippen LogP contribution in [0.25, 0.3) is 0 Å². The molecule has 0 bridgehead atoms. The van der Waals surface area contributed by atoms with Crippen molar-refractivity contribution >= 4 is 59.1 Å². The predicted molar refractivity (Wildman–Crippen MR) is 324 cm³/mol. The number of amides is 9. The first-order valence-electron chi connectivity index (χ1n) is 32.2. The molecule has 0 saturated carbocycles. The highest BCUT2D eigenvalue weighted by atomic mass is 16.4. The number of carboxylic acid groups (broad SMARTS) is 1. The van der Waals surface area contributed by atoms with E-state index in [1.165, 1.54) is 4.90 Å². The van der Waals surface area contributed by atoms with Crippen LogP contribution < -0.4 is 31.9 Å². The van der Waals surface area contributed by atoms with Crippen molar-refractivity contribution in [1.29, 1.82) is 0 Å². The molecule has 0 heterocycles. The van der Waals surface area contributed by atoms with Gasteiger partial charge in [-0.05, 0) is 89.9 Å². The van der Waals surface area contributed by atoms with Crippen molar-refractivity contribution in [3.05, 3.63) is 0 Å². The Kier molecular flexibility index (Phi) is 47.0. The molecule has 0 aromatic heterocycles. The Balaban J connectivity index is 5.44. The summed E-state index contributed by atoms with van der Waals surface area (Å²) in [5, 5.41) is 27.1. The fourth-order valence-electron chi connectivity index (χ4n) is 10.3. The van der Waals surface area contributed by atoms with Crippen LogP contribution in [0.4, 0.5) is 0 Å². The summed E-state index contributed by atoms with van der Waals surface area (Å²) in [5.74, 6) is -2.60. The summed E-state index contributed by atoms with van der Waals surface area (Å²) in [6.45, 7) is 20.5. The molecule has 0 spiro atoms. The summed E-state index contributed by atoms with van der Waals surface area (Å²) in [6, 6.07) is 0. The summed E-state index contributed by atoms with van der Waals surface area (Å²) in [6.07, 6.45) is 16.1. The first-order chi connectivity index (χ1) is 39.5. The van der Waals surface area contributed by atoms with E-state index in [1.54, 1.807) is 9.80 Å². The van der Waals surface area contributed by atoms with E-state index >= 15 is 0 Å². The van der Waals surface area contributed by atoms with Crippen LogP contribution in [0.15, 0.2) is 0 Å². The van der Waals surface area contributed by atoms with Crippen LogP contribution in [-0.2, 0) is 47.9 Å². The number of carboxylic acids is 1. The van der Waals surface area contributed by atoms with Crippen LogP contribution >= 0.6 is 0 Å². The maximum Gasteiger partial charge on any atom is 0.303 e. The van der Waals surface area contributed by atoms with E-state index in [9.17, 15) is 53.1 Å². The Labute approximate surface area is 494 Å². The summed E-state index contributed by atoms with van der Waals surface area (Å²) < 4.78 is 0. The largest absolute Gasteiger partial charge is 0.481 e. The Morgan fingerprint density at radius 1 is 0.293 bits per heavy atom. The van der Waals surface area contributed by atoms with Gasteiger partial charge in [-0.15, -0.1) is 0 Å². The highest BCUT2D eigenvalue weighted by molar-refractivity contribution is 5.85. The van der Waals surface area contributed by atoms with E-state index < -0.39 is 5.97 Å². The van der Waals surface area contributed by atoms with Gasteiger partial charge >= 0.3 is 5.97 Å². The van der Waals surface area contributed by atoms with Crippen LogP contribution in [-0.4, -0.2) is 157 Å². The lowest BCUT2D eigenvalue weighted by Gasteiger charge is -2.24. The zero-order valence-electron chi connectivity index (χ0n) is 52.5. The van der Waals surface area contributed by atoms with E-state index in [2.05, 4.69) is 87.3 Å². The second kappa shape index (κ2) is 50.2. The monoisotopic (exact) mass is 1160 g/mol. The third kappa shape index (κ3) is 37.7. The Morgan fingerprint density at radius 2 is 0.488 bits per heavy atom. The fourth-order valence-corrected chi connectivity index (χ4v) is 10.3. The molecule has 0 unspecified atom stereocenters. The van der Waals surface area contributed by atoms with Gasteiger partial charge in [0.05, 0.1) is 6.42 Å². The van der Waals surface area contributed by atoms with Crippen LogP contribution in [0.5, 0.6) is 0 Å². The Morgan fingerprint density at radius 3 is 0.683 bits per heavy atom. The molecule has 0 aliphatic rings. The molecule has 0 aliphatic carbocycles. The average molecular weight is 1160 g/mol.